The number of carbonyl (C=O) groups excluding carboxylic acids is 1. The molecule has 1 aromatic carbocycles. The summed E-state index contributed by atoms with van der Waals surface area (Å²) in [6, 6.07) is 12.2. The van der Waals surface area contributed by atoms with Crippen molar-refractivity contribution in [2.75, 3.05) is 5.32 Å². The summed E-state index contributed by atoms with van der Waals surface area (Å²) in [5.74, 6) is -0.324. The Morgan fingerprint density at radius 3 is 2.52 bits per heavy atom. The molecule has 0 saturated carbocycles. The van der Waals surface area contributed by atoms with Gasteiger partial charge in [-0.2, -0.15) is 0 Å². The van der Waals surface area contributed by atoms with Crippen LogP contribution in [0.25, 0.3) is 0 Å². The van der Waals surface area contributed by atoms with Crippen LogP contribution in [-0.4, -0.2) is 10.5 Å². The first kappa shape index (κ1) is 15.0. The minimum Gasteiger partial charge on any atom is -0.323 e. The van der Waals surface area contributed by atoms with E-state index in [0.717, 1.165) is 5.56 Å². The Balaban J connectivity index is 2.23. The van der Waals surface area contributed by atoms with Crippen LogP contribution >= 0.6 is 0 Å². The molecule has 0 aliphatic heterocycles. The summed E-state index contributed by atoms with van der Waals surface area (Å²) < 4.78 is 1.52. The van der Waals surface area contributed by atoms with E-state index < -0.39 is 5.54 Å². The number of pyridine rings is 1. The van der Waals surface area contributed by atoms with Crippen LogP contribution < -0.4 is 16.6 Å². The largest absolute Gasteiger partial charge is 0.323 e. The molecule has 21 heavy (non-hydrogen) atoms. The van der Waals surface area contributed by atoms with Crippen molar-refractivity contribution in [2.45, 2.75) is 25.9 Å². The van der Waals surface area contributed by atoms with Gasteiger partial charge in [0.05, 0.1) is 5.69 Å². The number of carbonyl (C=O) groups is 1. The average molecular weight is 285 g/mol. The van der Waals surface area contributed by atoms with Gasteiger partial charge in [0.1, 0.15) is 5.54 Å². The maximum absolute atomic E-state index is 12.4. The predicted octanol–water partition coefficient (Wildman–Crippen LogP) is 1.68. The van der Waals surface area contributed by atoms with E-state index in [9.17, 15) is 9.59 Å². The van der Waals surface area contributed by atoms with E-state index >= 15 is 0 Å². The van der Waals surface area contributed by atoms with Crippen molar-refractivity contribution in [1.29, 1.82) is 0 Å². The number of aryl methyl sites for hydroxylation is 1. The van der Waals surface area contributed by atoms with Gasteiger partial charge in [0.25, 0.3) is 5.56 Å². The second-order valence-electron chi connectivity index (χ2n) is 5.06. The molecule has 1 aromatic heterocycles. The van der Waals surface area contributed by atoms with Crippen molar-refractivity contribution in [1.82, 2.24) is 4.57 Å². The second kappa shape index (κ2) is 5.93. The minimum absolute atomic E-state index is 0.103. The van der Waals surface area contributed by atoms with Crippen molar-refractivity contribution < 1.29 is 4.79 Å². The first-order valence-corrected chi connectivity index (χ1v) is 6.81. The van der Waals surface area contributed by atoms with Crippen LogP contribution in [0.1, 0.15) is 19.4 Å². The lowest BCUT2D eigenvalue weighted by Gasteiger charge is -2.24. The van der Waals surface area contributed by atoms with Gasteiger partial charge in [-0.3, -0.25) is 9.59 Å². The van der Waals surface area contributed by atoms with E-state index in [2.05, 4.69) is 5.32 Å². The highest BCUT2D eigenvalue weighted by Crippen LogP contribution is 2.19. The smallest absolute Gasteiger partial charge is 0.250 e. The molecule has 0 radical (unpaired) electrons. The van der Waals surface area contributed by atoms with Gasteiger partial charge in [-0.15, -0.1) is 0 Å². The summed E-state index contributed by atoms with van der Waals surface area (Å²) in [5, 5.41) is 2.76. The summed E-state index contributed by atoms with van der Waals surface area (Å²) in [7, 11) is 0. The lowest BCUT2D eigenvalue weighted by atomic mass is 9.92. The van der Waals surface area contributed by atoms with Crippen LogP contribution in [-0.2, 0) is 16.9 Å². The van der Waals surface area contributed by atoms with Crippen molar-refractivity contribution >= 4 is 11.6 Å². The standard InChI is InChI=1S/C16H19N3O2/c1-3-19-11-13(9-10-14(19)20)18-15(21)16(2,17)12-7-5-4-6-8-12/h4-11H,3,17H2,1-2H3,(H,18,21). The third-order valence-corrected chi connectivity index (χ3v) is 3.43. The molecule has 0 bridgehead atoms. The first-order chi connectivity index (χ1) is 9.95. The Labute approximate surface area is 123 Å². The molecule has 2 aromatic rings. The minimum atomic E-state index is -1.14. The highest BCUT2D eigenvalue weighted by Gasteiger charge is 2.30. The molecule has 1 atom stereocenters. The number of amides is 1. The topological polar surface area (TPSA) is 77.1 Å². The molecule has 5 nitrogen and oxygen atoms in total. The maximum atomic E-state index is 12.4. The highest BCUT2D eigenvalue weighted by atomic mass is 16.2. The Bertz CT molecular complexity index is 690. The van der Waals surface area contributed by atoms with Crippen LogP contribution in [0.15, 0.2) is 53.5 Å². The third-order valence-electron chi connectivity index (χ3n) is 3.43. The Morgan fingerprint density at radius 2 is 1.90 bits per heavy atom. The van der Waals surface area contributed by atoms with Crippen molar-refractivity contribution in [3.63, 3.8) is 0 Å². The number of hydrogen-bond donors (Lipinski definition) is 2. The van der Waals surface area contributed by atoms with Crippen LogP contribution in [0.3, 0.4) is 0 Å². The fourth-order valence-electron chi connectivity index (χ4n) is 2.03. The SMILES string of the molecule is CCn1cc(NC(=O)C(C)(N)c2ccccc2)ccc1=O. The monoisotopic (exact) mass is 285 g/mol. The zero-order chi connectivity index (χ0) is 15.5. The van der Waals surface area contributed by atoms with E-state index in [4.69, 9.17) is 5.73 Å². The number of nitrogens with two attached hydrogens (primary N) is 1. The van der Waals surface area contributed by atoms with Crippen LogP contribution in [0.2, 0.25) is 0 Å². The molecule has 2 rings (SSSR count). The van der Waals surface area contributed by atoms with E-state index in [-0.39, 0.29) is 11.5 Å². The van der Waals surface area contributed by atoms with Gasteiger partial charge >= 0.3 is 0 Å². The summed E-state index contributed by atoms with van der Waals surface area (Å²) in [6.07, 6.45) is 1.61. The Hall–Kier alpha value is -2.40. The molecule has 1 heterocycles. The van der Waals surface area contributed by atoms with Crippen LogP contribution in [0.4, 0.5) is 5.69 Å². The number of anilines is 1. The van der Waals surface area contributed by atoms with Gasteiger partial charge in [-0.1, -0.05) is 30.3 Å². The number of aromatic nitrogens is 1. The quantitative estimate of drug-likeness (QED) is 0.897. The molecule has 1 amide bonds. The molecule has 5 heteroatoms. The number of nitrogens with zero attached hydrogens (tertiary/aromatic N) is 1. The molecule has 0 aliphatic rings. The zero-order valence-electron chi connectivity index (χ0n) is 12.2. The molecule has 3 N–H and O–H groups in total. The van der Waals surface area contributed by atoms with E-state index in [1.807, 2.05) is 37.3 Å². The third kappa shape index (κ3) is 3.20. The number of benzene rings is 1. The van der Waals surface area contributed by atoms with Crippen LogP contribution in [0, 0.1) is 0 Å². The molecule has 110 valence electrons. The number of hydrogen-bond acceptors (Lipinski definition) is 3. The van der Waals surface area contributed by atoms with Gasteiger partial charge < -0.3 is 15.6 Å². The van der Waals surface area contributed by atoms with Gasteiger partial charge in [0.15, 0.2) is 0 Å². The molecule has 1 unspecified atom stereocenters. The molecule has 0 aliphatic carbocycles. The summed E-state index contributed by atoms with van der Waals surface area (Å²) in [5.41, 5.74) is 6.18. The van der Waals surface area contributed by atoms with Crippen molar-refractivity contribution in [2.24, 2.45) is 5.73 Å². The highest BCUT2D eigenvalue weighted by molar-refractivity contribution is 5.98. The van der Waals surface area contributed by atoms with Gasteiger partial charge in [-0.05, 0) is 25.5 Å². The molecular weight excluding hydrogens is 266 g/mol. The lowest BCUT2D eigenvalue weighted by molar-refractivity contribution is -0.120. The van der Waals surface area contributed by atoms with Crippen molar-refractivity contribution in [3.8, 4) is 0 Å². The number of rotatable bonds is 4. The predicted molar refractivity (Wildman–Crippen MR) is 83.0 cm³/mol. The summed E-state index contributed by atoms with van der Waals surface area (Å²) >= 11 is 0. The summed E-state index contributed by atoms with van der Waals surface area (Å²) in [4.78, 5) is 23.9. The maximum Gasteiger partial charge on any atom is 0.250 e. The van der Waals surface area contributed by atoms with Crippen LogP contribution in [0.5, 0.6) is 0 Å². The lowest BCUT2D eigenvalue weighted by Crippen LogP contribution is -2.45. The molecule has 0 spiro atoms. The fourth-order valence-corrected chi connectivity index (χ4v) is 2.03. The molecular formula is C16H19N3O2. The summed E-state index contributed by atoms with van der Waals surface area (Å²) in [6.45, 7) is 4.07. The van der Waals surface area contributed by atoms with E-state index in [1.54, 1.807) is 19.2 Å². The van der Waals surface area contributed by atoms with Gasteiger partial charge in [-0.25, -0.2) is 0 Å². The Morgan fingerprint density at radius 1 is 1.24 bits per heavy atom. The van der Waals surface area contributed by atoms with Gasteiger partial charge in [0, 0.05) is 18.8 Å². The van der Waals surface area contributed by atoms with E-state index in [0.29, 0.717) is 12.2 Å². The molecule has 0 saturated heterocycles. The van der Waals surface area contributed by atoms with Crippen molar-refractivity contribution in [3.05, 3.63) is 64.6 Å². The second-order valence-corrected chi connectivity index (χ2v) is 5.06. The first-order valence-electron chi connectivity index (χ1n) is 6.81. The molecule has 0 fully saturated rings. The zero-order valence-corrected chi connectivity index (χ0v) is 12.2. The normalized spacial score (nSPS) is 13.5. The number of nitrogens with one attached hydrogen (secondary N) is 1. The average Bonchev–Trinajstić information content (AvgIpc) is 2.50. The fraction of sp³-hybridized carbons (Fsp3) is 0.250. The van der Waals surface area contributed by atoms with Gasteiger partial charge in [0.2, 0.25) is 5.91 Å². The van der Waals surface area contributed by atoms with E-state index in [1.165, 1.54) is 10.6 Å². The Kier molecular flexibility index (Phi) is 4.23.